The predicted octanol–water partition coefficient (Wildman–Crippen LogP) is 3.74. The second-order valence-electron chi connectivity index (χ2n) is 6.55. The molecule has 3 rings (SSSR count). The van der Waals surface area contributed by atoms with Gasteiger partial charge in [-0.25, -0.2) is 9.18 Å². The highest BCUT2D eigenvalue weighted by atomic mass is 19.1. The molecule has 5 nitrogen and oxygen atoms in total. The number of carbonyl (C=O) groups excluding carboxylic acids is 1. The number of fused-ring (bicyclic) bond motifs is 1. The molecule has 0 spiro atoms. The Kier molecular flexibility index (Phi) is 4.95. The second-order valence-corrected chi connectivity index (χ2v) is 6.55. The van der Waals surface area contributed by atoms with Gasteiger partial charge in [0.25, 0.3) is 0 Å². The van der Waals surface area contributed by atoms with Gasteiger partial charge in [0.05, 0.1) is 5.56 Å². The molecule has 0 unspecified atom stereocenters. The lowest BCUT2D eigenvalue weighted by Crippen LogP contribution is -2.12. The molecule has 0 radical (unpaired) electrons. The molecule has 6 heteroatoms. The molecular weight excluding hydrogens is 335 g/mol. The van der Waals surface area contributed by atoms with Gasteiger partial charge in [-0.05, 0) is 50.8 Å². The number of hydrogen-bond donors (Lipinski definition) is 2. The van der Waals surface area contributed by atoms with Crippen LogP contribution < -0.4 is 0 Å². The van der Waals surface area contributed by atoms with Crippen molar-refractivity contribution in [3.8, 4) is 5.75 Å². The van der Waals surface area contributed by atoms with Crippen molar-refractivity contribution in [3.63, 3.8) is 0 Å². The molecule has 3 aromatic rings. The van der Waals surface area contributed by atoms with Crippen molar-refractivity contribution in [2.75, 3.05) is 14.1 Å². The zero-order valence-electron chi connectivity index (χ0n) is 15.0. The van der Waals surface area contributed by atoms with Gasteiger partial charge in [0.2, 0.25) is 0 Å². The zero-order chi connectivity index (χ0) is 18.8. The summed E-state index contributed by atoms with van der Waals surface area (Å²) in [6, 6.07) is 9.17. The topological polar surface area (TPSA) is 65.6 Å². The van der Waals surface area contributed by atoms with Crippen molar-refractivity contribution >= 4 is 16.9 Å². The number of rotatable bonds is 5. The summed E-state index contributed by atoms with van der Waals surface area (Å²) in [4.78, 5) is 17.8. The second kappa shape index (κ2) is 7.17. The third-order valence-electron chi connectivity index (χ3n) is 4.20. The van der Waals surface area contributed by atoms with Crippen LogP contribution in [0.2, 0.25) is 0 Å². The first-order chi connectivity index (χ1) is 12.4. The number of aromatic hydroxyl groups is 1. The molecule has 2 N–H and O–H groups in total. The Morgan fingerprint density at radius 3 is 2.54 bits per heavy atom. The van der Waals surface area contributed by atoms with Gasteiger partial charge >= 0.3 is 5.97 Å². The van der Waals surface area contributed by atoms with Gasteiger partial charge in [-0.3, -0.25) is 0 Å². The van der Waals surface area contributed by atoms with Gasteiger partial charge in [-0.15, -0.1) is 0 Å². The SMILES string of the molecule is Cc1[nH]c2ccc(O)c(CN(C)C)c2c1C(=O)OCc1ccc(F)cc1. The lowest BCUT2D eigenvalue weighted by Gasteiger charge is -2.14. The fourth-order valence-corrected chi connectivity index (χ4v) is 3.01. The highest BCUT2D eigenvalue weighted by molar-refractivity contribution is 6.07. The van der Waals surface area contributed by atoms with Crippen LogP contribution in [0.3, 0.4) is 0 Å². The number of ether oxygens (including phenoxy) is 1. The minimum Gasteiger partial charge on any atom is -0.508 e. The smallest absolute Gasteiger partial charge is 0.340 e. The monoisotopic (exact) mass is 356 g/mol. The van der Waals surface area contributed by atoms with Gasteiger partial charge in [-0.2, -0.15) is 0 Å². The van der Waals surface area contributed by atoms with E-state index in [0.717, 1.165) is 5.52 Å². The molecule has 26 heavy (non-hydrogen) atoms. The lowest BCUT2D eigenvalue weighted by atomic mass is 10.0. The van der Waals surface area contributed by atoms with Gasteiger partial charge in [0.15, 0.2) is 0 Å². The van der Waals surface area contributed by atoms with Gasteiger partial charge in [-0.1, -0.05) is 12.1 Å². The number of aryl methyl sites for hydroxylation is 1. The summed E-state index contributed by atoms with van der Waals surface area (Å²) in [5.74, 6) is -0.683. The van der Waals surface area contributed by atoms with Crippen LogP contribution >= 0.6 is 0 Å². The molecule has 0 saturated heterocycles. The van der Waals surface area contributed by atoms with E-state index in [9.17, 15) is 14.3 Å². The highest BCUT2D eigenvalue weighted by Crippen LogP contribution is 2.33. The number of aromatic amines is 1. The molecule has 0 atom stereocenters. The number of nitrogens with zero attached hydrogens (tertiary/aromatic N) is 1. The Labute approximate surface area is 151 Å². The molecule has 0 aliphatic heterocycles. The fourth-order valence-electron chi connectivity index (χ4n) is 3.01. The Bertz CT molecular complexity index is 946. The van der Waals surface area contributed by atoms with Crippen molar-refractivity contribution in [2.45, 2.75) is 20.1 Å². The summed E-state index contributed by atoms with van der Waals surface area (Å²) in [6.45, 7) is 2.33. The van der Waals surface area contributed by atoms with Crippen molar-refractivity contribution < 1.29 is 19.0 Å². The first-order valence-corrected chi connectivity index (χ1v) is 8.26. The highest BCUT2D eigenvalue weighted by Gasteiger charge is 2.22. The van der Waals surface area contributed by atoms with E-state index in [2.05, 4.69) is 4.98 Å². The van der Waals surface area contributed by atoms with Crippen molar-refractivity contribution in [3.05, 3.63) is 64.6 Å². The molecule has 0 bridgehead atoms. The number of hydrogen-bond acceptors (Lipinski definition) is 4. The summed E-state index contributed by atoms with van der Waals surface area (Å²) < 4.78 is 18.4. The Morgan fingerprint density at radius 2 is 1.88 bits per heavy atom. The fraction of sp³-hybridized carbons (Fsp3) is 0.250. The standard InChI is InChI=1S/C20H21FN2O3/c1-12-18(20(25)26-11-13-4-6-14(21)7-5-13)19-15(10-23(2)3)17(24)9-8-16(19)22-12/h4-9,22,24H,10-11H2,1-3H3. The van der Waals surface area contributed by atoms with Crippen LogP contribution in [0.5, 0.6) is 5.75 Å². The molecule has 1 heterocycles. The number of aromatic nitrogens is 1. The van der Waals surface area contributed by atoms with E-state index in [1.54, 1.807) is 31.2 Å². The first kappa shape index (κ1) is 17.9. The van der Waals surface area contributed by atoms with E-state index in [4.69, 9.17) is 4.74 Å². The van der Waals surface area contributed by atoms with E-state index in [1.165, 1.54) is 12.1 Å². The van der Waals surface area contributed by atoms with E-state index >= 15 is 0 Å². The average Bonchev–Trinajstić information content (AvgIpc) is 2.93. The Morgan fingerprint density at radius 1 is 1.19 bits per heavy atom. The van der Waals surface area contributed by atoms with Crippen molar-refractivity contribution in [2.24, 2.45) is 0 Å². The lowest BCUT2D eigenvalue weighted by molar-refractivity contribution is 0.0474. The molecule has 136 valence electrons. The van der Waals surface area contributed by atoms with Crippen LogP contribution in [0.1, 0.15) is 27.2 Å². The maximum Gasteiger partial charge on any atom is 0.340 e. The van der Waals surface area contributed by atoms with Crippen LogP contribution in [-0.4, -0.2) is 35.1 Å². The molecule has 2 aromatic carbocycles. The van der Waals surface area contributed by atoms with E-state index in [-0.39, 0.29) is 18.2 Å². The van der Waals surface area contributed by atoms with Crippen LogP contribution in [0, 0.1) is 12.7 Å². The third-order valence-corrected chi connectivity index (χ3v) is 4.20. The number of halogens is 1. The minimum atomic E-state index is -0.483. The van der Waals surface area contributed by atoms with Crippen molar-refractivity contribution in [1.82, 2.24) is 9.88 Å². The third kappa shape index (κ3) is 3.55. The number of H-pyrrole nitrogens is 1. The van der Waals surface area contributed by atoms with Crippen LogP contribution in [0.15, 0.2) is 36.4 Å². The Hall–Kier alpha value is -2.86. The molecular formula is C20H21FN2O3. The van der Waals surface area contributed by atoms with E-state index in [1.807, 2.05) is 19.0 Å². The molecule has 0 aliphatic rings. The van der Waals surface area contributed by atoms with E-state index in [0.29, 0.717) is 34.3 Å². The van der Waals surface area contributed by atoms with Gasteiger partial charge < -0.3 is 19.7 Å². The normalized spacial score (nSPS) is 11.3. The largest absolute Gasteiger partial charge is 0.508 e. The van der Waals surface area contributed by atoms with Crippen LogP contribution in [0.4, 0.5) is 4.39 Å². The number of phenols is 1. The maximum atomic E-state index is 13.0. The number of phenolic OH excluding ortho intramolecular Hbond substituents is 1. The predicted molar refractivity (Wildman–Crippen MR) is 97.6 cm³/mol. The molecule has 1 aromatic heterocycles. The summed E-state index contributed by atoms with van der Waals surface area (Å²) in [5.41, 5.74) is 3.23. The van der Waals surface area contributed by atoms with Gasteiger partial charge in [0.1, 0.15) is 18.2 Å². The molecule has 0 amide bonds. The summed E-state index contributed by atoms with van der Waals surface area (Å²) in [5, 5.41) is 10.9. The molecule has 0 saturated carbocycles. The van der Waals surface area contributed by atoms with Crippen molar-refractivity contribution in [1.29, 1.82) is 0 Å². The van der Waals surface area contributed by atoms with Crippen LogP contribution in [0.25, 0.3) is 10.9 Å². The maximum absolute atomic E-state index is 13.0. The zero-order valence-corrected chi connectivity index (χ0v) is 15.0. The van der Waals surface area contributed by atoms with Gasteiger partial charge in [0, 0.05) is 28.7 Å². The number of esters is 1. The number of nitrogens with one attached hydrogen (secondary N) is 1. The summed E-state index contributed by atoms with van der Waals surface area (Å²) >= 11 is 0. The quantitative estimate of drug-likeness (QED) is 0.684. The number of carbonyl (C=O) groups is 1. The molecule has 0 fully saturated rings. The summed E-state index contributed by atoms with van der Waals surface area (Å²) in [6.07, 6.45) is 0. The minimum absolute atomic E-state index is 0.0487. The number of benzene rings is 2. The summed E-state index contributed by atoms with van der Waals surface area (Å²) in [7, 11) is 3.79. The van der Waals surface area contributed by atoms with E-state index < -0.39 is 5.97 Å². The van der Waals surface area contributed by atoms with Crippen LogP contribution in [-0.2, 0) is 17.9 Å². The Balaban J connectivity index is 1.95. The first-order valence-electron chi connectivity index (χ1n) is 8.26. The molecule has 0 aliphatic carbocycles. The average molecular weight is 356 g/mol.